The quantitative estimate of drug-likeness (QED) is 0.0419. The molecular formula is C97H84Cl6N16O. The van der Waals surface area contributed by atoms with E-state index in [-0.39, 0.29) is 0 Å². The first-order chi connectivity index (χ1) is 58.3. The summed E-state index contributed by atoms with van der Waals surface area (Å²) in [5.74, 6) is 8.46. The predicted octanol–water partition coefficient (Wildman–Crippen LogP) is 24.3. The molecule has 0 unspecified atom stereocenters. The highest BCUT2D eigenvalue weighted by Gasteiger charge is 2.17. The van der Waals surface area contributed by atoms with Crippen molar-refractivity contribution in [3.63, 3.8) is 0 Å². The summed E-state index contributed by atoms with van der Waals surface area (Å²) >= 11 is 36.8. The van der Waals surface area contributed by atoms with Gasteiger partial charge in [0, 0.05) is 104 Å². The number of halogens is 6. The molecule has 4 aromatic heterocycles. The predicted molar refractivity (Wildman–Crippen MR) is 488 cm³/mol. The highest BCUT2D eigenvalue weighted by atomic mass is 35.5. The number of hydrogen-bond donors (Lipinski definition) is 4. The van der Waals surface area contributed by atoms with Crippen LogP contribution >= 0.6 is 69.6 Å². The Hall–Kier alpha value is -12.6. The lowest BCUT2D eigenvalue weighted by molar-refractivity contribution is 0.415. The van der Waals surface area contributed by atoms with Gasteiger partial charge >= 0.3 is 0 Å². The van der Waals surface area contributed by atoms with Crippen molar-refractivity contribution in [3.8, 4) is 5.75 Å². The van der Waals surface area contributed by atoms with Gasteiger partial charge in [-0.05, 0) is 222 Å². The Morgan fingerprint density at radius 3 is 0.775 bits per heavy atom. The fourth-order valence-electron chi connectivity index (χ4n) is 12.7. The minimum Gasteiger partial charge on any atom is -0.497 e. The molecule has 16 aromatic rings. The summed E-state index contributed by atoms with van der Waals surface area (Å²) in [7, 11) is 1.64. The second kappa shape index (κ2) is 42.7. The van der Waals surface area contributed by atoms with Crippen LogP contribution in [-0.4, -0.2) is 66.9 Å². The smallest absolute Gasteiger partial charge is 0.230 e. The van der Waals surface area contributed by atoms with E-state index < -0.39 is 0 Å². The Bertz CT molecular complexity index is 5850. The van der Waals surface area contributed by atoms with Gasteiger partial charge in [0.1, 0.15) is 52.3 Å². The minimum atomic E-state index is 0.481. The van der Waals surface area contributed by atoms with E-state index in [1.807, 2.05) is 237 Å². The number of rotatable bonds is 25. The highest BCUT2D eigenvalue weighted by Crippen LogP contribution is 2.27. The van der Waals surface area contributed by atoms with Gasteiger partial charge in [-0.1, -0.05) is 239 Å². The number of benzene rings is 12. The molecule has 17 nitrogen and oxygen atoms in total. The molecule has 0 aliphatic heterocycles. The summed E-state index contributed by atoms with van der Waals surface area (Å²) in [5.41, 5.74) is 17.2. The number of aryl methyl sites for hydroxylation is 4. The van der Waals surface area contributed by atoms with Crippen molar-refractivity contribution < 1.29 is 4.74 Å². The van der Waals surface area contributed by atoms with E-state index in [0.717, 1.165) is 73.5 Å². The average molecular weight is 1700 g/mol. The fourth-order valence-corrected chi connectivity index (χ4v) is 14.0. The van der Waals surface area contributed by atoms with Gasteiger partial charge in [0.15, 0.2) is 0 Å². The molecule has 0 spiro atoms. The summed E-state index contributed by atoms with van der Waals surface area (Å²) in [4.78, 5) is 56.0. The zero-order chi connectivity index (χ0) is 83.5. The zero-order valence-corrected chi connectivity index (χ0v) is 71.0. The molecule has 0 fully saturated rings. The number of para-hydroxylation sites is 1. The highest BCUT2D eigenvalue weighted by molar-refractivity contribution is 6.32. The van der Waals surface area contributed by atoms with Gasteiger partial charge in [-0.15, -0.1) is 0 Å². The summed E-state index contributed by atoms with van der Waals surface area (Å²) < 4.78 is 5.22. The van der Waals surface area contributed by atoms with Gasteiger partial charge in [-0.25, -0.2) is 19.9 Å². The van der Waals surface area contributed by atoms with Crippen LogP contribution in [0.25, 0.3) is 0 Å². The Kier molecular flexibility index (Phi) is 30.4. The van der Waals surface area contributed by atoms with Crippen molar-refractivity contribution >= 4 is 116 Å². The first-order valence-corrected chi connectivity index (χ1v) is 41.0. The van der Waals surface area contributed by atoms with Crippen LogP contribution in [0.1, 0.15) is 113 Å². The molecule has 16 rings (SSSR count). The van der Waals surface area contributed by atoms with Gasteiger partial charge < -0.3 is 26.0 Å². The maximum atomic E-state index is 6.14. The molecule has 12 aromatic carbocycles. The summed E-state index contributed by atoms with van der Waals surface area (Å²) in [6.45, 7) is 8.37. The van der Waals surface area contributed by atoms with Crippen LogP contribution in [0.15, 0.2) is 297 Å². The van der Waals surface area contributed by atoms with Gasteiger partial charge in [-0.2, -0.15) is 39.9 Å². The molecule has 600 valence electrons. The Labute approximate surface area is 729 Å². The maximum absolute atomic E-state index is 6.14. The second-order valence-electron chi connectivity index (χ2n) is 28.3. The largest absolute Gasteiger partial charge is 0.497 e. The van der Waals surface area contributed by atoms with E-state index in [9.17, 15) is 0 Å². The molecule has 120 heavy (non-hydrogen) atoms. The summed E-state index contributed by atoms with van der Waals surface area (Å²) in [6, 6.07) is 96.7. The van der Waals surface area contributed by atoms with E-state index >= 15 is 0 Å². The Morgan fingerprint density at radius 1 is 0.225 bits per heavy atom. The van der Waals surface area contributed by atoms with Gasteiger partial charge in [-0.3, -0.25) is 0 Å². The molecular weight excluding hydrogens is 1620 g/mol. The van der Waals surface area contributed by atoms with Crippen LogP contribution in [-0.2, 0) is 51.4 Å². The lowest BCUT2D eigenvalue weighted by Gasteiger charge is -2.11. The molecule has 0 amide bonds. The maximum Gasteiger partial charge on any atom is 0.230 e. The molecule has 0 aliphatic carbocycles. The van der Waals surface area contributed by atoms with E-state index in [1.54, 1.807) is 7.11 Å². The molecule has 0 radical (unpaired) electrons. The van der Waals surface area contributed by atoms with Gasteiger partial charge in [0.05, 0.1) is 7.11 Å². The number of aromatic nitrogens is 12. The van der Waals surface area contributed by atoms with Crippen LogP contribution in [0.2, 0.25) is 30.1 Å². The minimum absolute atomic E-state index is 0.481. The average Bonchev–Trinajstić information content (AvgIpc) is 0.837. The van der Waals surface area contributed by atoms with Crippen molar-refractivity contribution in [3.05, 3.63) is 441 Å². The molecule has 23 heteroatoms. The number of nitrogens with one attached hydrogen (secondary N) is 4. The van der Waals surface area contributed by atoms with Crippen molar-refractivity contribution in [2.24, 2.45) is 0 Å². The first kappa shape index (κ1) is 85.3. The van der Waals surface area contributed by atoms with Gasteiger partial charge in [0.2, 0.25) is 23.8 Å². The van der Waals surface area contributed by atoms with Crippen molar-refractivity contribution in [2.75, 3.05) is 28.4 Å². The van der Waals surface area contributed by atoms with Crippen LogP contribution < -0.4 is 26.0 Å². The zero-order valence-electron chi connectivity index (χ0n) is 66.5. The summed E-state index contributed by atoms with van der Waals surface area (Å²) in [6.07, 6.45) is 4.70. The van der Waals surface area contributed by atoms with Crippen LogP contribution in [0.3, 0.4) is 0 Å². The molecule has 4 N–H and O–H groups in total. The third-order valence-corrected chi connectivity index (χ3v) is 20.0. The van der Waals surface area contributed by atoms with E-state index in [2.05, 4.69) is 149 Å². The molecule has 0 saturated heterocycles. The third-order valence-electron chi connectivity index (χ3n) is 18.6. The van der Waals surface area contributed by atoms with Crippen molar-refractivity contribution in [2.45, 2.75) is 79.1 Å². The topological polar surface area (TPSA) is 212 Å². The molecule has 0 saturated carbocycles. The lowest BCUT2D eigenvalue weighted by atomic mass is 10.0. The third kappa shape index (κ3) is 27.2. The Balaban J connectivity index is 0.000000138. The lowest BCUT2D eigenvalue weighted by Crippen LogP contribution is -2.09. The van der Waals surface area contributed by atoms with Crippen LogP contribution in [0, 0.1) is 27.7 Å². The fraction of sp³-hybridized carbons (Fsp3) is 0.134. The second-order valence-corrected chi connectivity index (χ2v) is 31.0. The van der Waals surface area contributed by atoms with Crippen molar-refractivity contribution in [1.82, 2.24) is 59.8 Å². The van der Waals surface area contributed by atoms with Crippen molar-refractivity contribution in [1.29, 1.82) is 0 Å². The summed E-state index contributed by atoms with van der Waals surface area (Å²) in [5, 5.41) is 17.3. The first-order valence-electron chi connectivity index (χ1n) is 38.7. The van der Waals surface area contributed by atoms with Gasteiger partial charge in [0.25, 0.3) is 0 Å². The van der Waals surface area contributed by atoms with E-state index in [0.29, 0.717) is 140 Å². The SMILES string of the molecule is COc1ccc(Nc2nc(Cc3cccc(Cl)c3)nc(Cc3cccc(Cl)c3)n2)cc1.Cc1ccc(Nc2nc(Cc3cccc(Cl)c3)nc(Cc3cccc(Cl)c3)n2)cc1.Cc1cccc(Nc2nc(Cc3ccccc3C)nc(Cc3ccccc3C)n2)c1.Clc1cccc(Cc2nc(Cc3cccc(Cl)c3)nc(Nc3ccccc3)n2)c1. The number of ether oxygens (including phenoxy) is 1. The van der Waals surface area contributed by atoms with Crippen LogP contribution in [0.4, 0.5) is 46.5 Å². The molecule has 0 atom stereocenters. The monoisotopic (exact) mass is 1700 g/mol. The number of hydrogen-bond acceptors (Lipinski definition) is 17. The van der Waals surface area contributed by atoms with Crippen LogP contribution in [0.5, 0.6) is 5.75 Å². The van der Waals surface area contributed by atoms with E-state index in [4.69, 9.17) is 94.3 Å². The standard InChI is InChI=1S/C26H26N4.C24H20Cl2N4O.C24H20Cl2N4.C23H18Cl2N4/c1-18-9-8-14-23(15-18)27-26-29-24(16-21-12-6-4-10-19(21)2)28-25(30-26)17-22-13-7-5-11-20(22)3;1-31-21-10-8-20(9-11-21)27-24-29-22(14-16-4-2-6-18(25)12-16)28-23(30-24)15-17-5-3-7-19(26)13-17;1-16-8-10-21(11-9-16)27-24-29-22(14-17-4-2-6-19(25)12-17)28-23(30-24)15-18-5-3-7-20(26)13-18;24-18-8-4-6-16(12-18)14-21-27-22(15-17-7-5-9-19(25)13-17)29-23(28-21)26-20-10-2-1-3-11-20/h4-15H,16-17H2,1-3H3,(H,27,28,29,30);2-13H,14-15H2,1H3,(H,27,28,29,30);2-13H,14-15H2,1H3,(H,27,28,29,30);1-13H,14-15H2,(H,26,27,28,29). The number of nitrogens with zero attached hydrogens (tertiary/aromatic N) is 12. The number of anilines is 8. The molecule has 0 aliphatic rings. The normalized spacial score (nSPS) is 10.7. The molecule has 0 bridgehead atoms. The Morgan fingerprint density at radius 2 is 0.483 bits per heavy atom. The van der Waals surface area contributed by atoms with E-state index in [1.165, 1.54) is 33.4 Å². The number of methoxy groups -OCH3 is 1. The molecule has 4 heterocycles.